The molecule has 0 N–H and O–H groups in total. The number of benzene rings is 1. The Hall–Kier alpha value is -1.94. The van der Waals surface area contributed by atoms with E-state index in [1.54, 1.807) is 14.2 Å². The van der Waals surface area contributed by atoms with Gasteiger partial charge in [-0.15, -0.1) is 11.6 Å². The van der Waals surface area contributed by atoms with E-state index in [1.165, 1.54) is 0 Å². The van der Waals surface area contributed by atoms with Gasteiger partial charge in [-0.3, -0.25) is 0 Å². The minimum atomic E-state index is 0.412. The second-order valence-corrected chi connectivity index (χ2v) is 4.65. The molecule has 1 aromatic carbocycles. The lowest BCUT2D eigenvalue weighted by atomic mass is 10.2. The Labute approximate surface area is 129 Å². The quantitative estimate of drug-likeness (QED) is 0.750. The number of halogens is 1. The van der Waals surface area contributed by atoms with Crippen LogP contribution in [0.5, 0.6) is 23.1 Å². The van der Waals surface area contributed by atoms with E-state index in [0.29, 0.717) is 29.0 Å². The smallest absolute Gasteiger partial charge is 0.220 e. The summed E-state index contributed by atoms with van der Waals surface area (Å²) in [7, 11) is 3.17. The van der Waals surface area contributed by atoms with Crippen molar-refractivity contribution in [2.75, 3.05) is 14.2 Å². The molecule has 0 aliphatic rings. The summed E-state index contributed by atoms with van der Waals surface area (Å²) in [5, 5.41) is 0. The SMILES string of the molecule is CCc1cc(CCl)cc(Oc2c(OC)cccc2OC)n1. The lowest BCUT2D eigenvalue weighted by Gasteiger charge is -2.14. The number of pyridine rings is 1. The van der Waals surface area contributed by atoms with E-state index in [2.05, 4.69) is 4.98 Å². The van der Waals surface area contributed by atoms with Gasteiger partial charge in [-0.05, 0) is 30.2 Å². The topological polar surface area (TPSA) is 40.6 Å². The standard InChI is InChI=1S/C16H18ClNO3/c1-4-12-8-11(10-17)9-15(18-12)21-16-13(19-2)6-5-7-14(16)20-3/h5-9H,4,10H2,1-3H3. The second kappa shape index (κ2) is 7.18. The van der Waals surface area contributed by atoms with E-state index in [-0.39, 0.29) is 0 Å². The minimum absolute atomic E-state index is 0.412. The highest BCUT2D eigenvalue weighted by Crippen LogP contribution is 2.39. The maximum absolute atomic E-state index is 5.92. The summed E-state index contributed by atoms with van der Waals surface area (Å²) >= 11 is 5.92. The third kappa shape index (κ3) is 3.58. The predicted octanol–water partition coefficient (Wildman–Crippen LogP) is 4.19. The number of aryl methyl sites for hydroxylation is 1. The molecular formula is C16H18ClNO3. The molecule has 0 atom stereocenters. The number of nitrogens with zero attached hydrogens (tertiary/aromatic N) is 1. The van der Waals surface area contributed by atoms with Crippen molar-refractivity contribution in [1.29, 1.82) is 0 Å². The normalized spacial score (nSPS) is 10.3. The van der Waals surface area contributed by atoms with Gasteiger partial charge in [0.2, 0.25) is 11.6 Å². The first-order valence-electron chi connectivity index (χ1n) is 6.66. The van der Waals surface area contributed by atoms with Crippen LogP contribution in [0.2, 0.25) is 0 Å². The fraction of sp³-hybridized carbons (Fsp3) is 0.312. The van der Waals surface area contributed by atoms with Crippen LogP contribution >= 0.6 is 11.6 Å². The first-order valence-corrected chi connectivity index (χ1v) is 7.19. The van der Waals surface area contributed by atoms with Crippen molar-refractivity contribution >= 4 is 11.6 Å². The van der Waals surface area contributed by atoms with Crippen LogP contribution in [-0.2, 0) is 12.3 Å². The number of methoxy groups -OCH3 is 2. The molecule has 5 heteroatoms. The molecule has 1 aromatic heterocycles. The van der Waals surface area contributed by atoms with Crippen molar-refractivity contribution in [2.24, 2.45) is 0 Å². The Bertz CT molecular complexity index is 572. The molecule has 1 heterocycles. The van der Waals surface area contributed by atoms with Crippen molar-refractivity contribution in [3.8, 4) is 23.1 Å². The zero-order chi connectivity index (χ0) is 15.2. The largest absolute Gasteiger partial charge is 0.493 e. The van der Waals surface area contributed by atoms with Crippen LogP contribution in [0.4, 0.5) is 0 Å². The third-order valence-corrected chi connectivity index (χ3v) is 3.33. The number of hydrogen-bond donors (Lipinski definition) is 0. The molecule has 0 fully saturated rings. The van der Waals surface area contributed by atoms with Gasteiger partial charge < -0.3 is 14.2 Å². The number of hydrogen-bond acceptors (Lipinski definition) is 4. The molecule has 0 amide bonds. The van der Waals surface area contributed by atoms with Crippen LogP contribution < -0.4 is 14.2 Å². The number of alkyl halides is 1. The third-order valence-electron chi connectivity index (χ3n) is 3.02. The van der Waals surface area contributed by atoms with Crippen LogP contribution in [-0.4, -0.2) is 19.2 Å². The molecule has 0 aliphatic heterocycles. The summed E-state index contributed by atoms with van der Waals surface area (Å²) < 4.78 is 16.5. The minimum Gasteiger partial charge on any atom is -0.493 e. The van der Waals surface area contributed by atoms with Gasteiger partial charge in [-0.1, -0.05) is 13.0 Å². The molecule has 0 unspecified atom stereocenters. The maximum atomic E-state index is 5.92. The summed E-state index contributed by atoms with van der Waals surface area (Å²) in [6.07, 6.45) is 0.810. The van der Waals surface area contributed by atoms with Gasteiger partial charge in [0.05, 0.1) is 14.2 Å². The Morgan fingerprint density at radius 3 is 2.29 bits per heavy atom. The lowest BCUT2D eigenvalue weighted by molar-refractivity contribution is 0.341. The Balaban J connectivity index is 2.42. The van der Waals surface area contributed by atoms with E-state index < -0.39 is 0 Å². The number of ether oxygens (including phenoxy) is 3. The molecule has 112 valence electrons. The van der Waals surface area contributed by atoms with Crippen molar-refractivity contribution in [3.63, 3.8) is 0 Å². The molecule has 2 rings (SSSR count). The molecule has 4 nitrogen and oxygen atoms in total. The highest BCUT2D eigenvalue weighted by Gasteiger charge is 2.14. The second-order valence-electron chi connectivity index (χ2n) is 4.39. The highest BCUT2D eigenvalue weighted by molar-refractivity contribution is 6.17. The van der Waals surface area contributed by atoms with Gasteiger partial charge in [0.15, 0.2) is 11.5 Å². The van der Waals surface area contributed by atoms with Crippen LogP contribution in [0.3, 0.4) is 0 Å². The van der Waals surface area contributed by atoms with E-state index in [1.807, 2.05) is 37.3 Å². The van der Waals surface area contributed by atoms with E-state index >= 15 is 0 Å². The Morgan fingerprint density at radius 2 is 1.76 bits per heavy atom. The van der Waals surface area contributed by atoms with Crippen molar-refractivity contribution < 1.29 is 14.2 Å². The van der Waals surface area contributed by atoms with Gasteiger partial charge in [0, 0.05) is 17.6 Å². The lowest BCUT2D eigenvalue weighted by Crippen LogP contribution is -1.98. The molecule has 0 spiro atoms. The van der Waals surface area contributed by atoms with Gasteiger partial charge in [-0.25, -0.2) is 4.98 Å². The van der Waals surface area contributed by atoms with Gasteiger partial charge in [0.1, 0.15) is 0 Å². The molecule has 2 aromatic rings. The van der Waals surface area contributed by atoms with E-state index in [4.69, 9.17) is 25.8 Å². The molecule has 21 heavy (non-hydrogen) atoms. The summed E-state index contributed by atoms with van der Waals surface area (Å²) in [6, 6.07) is 9.25. The predicted molar refractivity (Wildman–Crippen MR) is 82.8 cm³/mol. The Morgan fingerprint density at radius 1 is 1.10 bits per heavy atom. The first kappa shape index (κ1) is 15.4. The summed E-state index contributed by atoms with van der Waals surface area (Å²) in [4.78, 5) is 4.45. The fourth-order valence-electron chi connectivity index (χ4n) is 1.95. The monoisotopic (exact) mass is 307 g/mol. The van der Waals surface area contributed by atoms with E-state index in [9.17, 15) is 0 Å². The zero-order valence-corrected chi connectivity index (χ0v) is 13.1. The van der Waals surface area contributed by atoms with E-state index in [0.717, 1.165) is 17.7 Å². The summed E-state index contributed by atoms with van der Waals surface area (Å²) in [5.74, 6) is 2.57. The zero-order valence-electron chi connectivity index (χ0n) is 12.4. The van der Waals surface area contributed by atoms with Crippen molar-refractivity contribution in [1.82, 2.24) is 4.98 Å². The van der Waals surface area contributed by atoms with Gasteiger partial charge in [-0.2, -0.15) is 0 Å². The number of para-hydroxylation sites is 1. The van der Waals surface area contributed by atoms with Crippen LogP contribution in [0.25, 0.3) is 0 Å². The molecule has 0 saturated heterocycles. The summed E-state index contributed by atoms with van der Waals surface area (Å²) in [5.41, 5.74) is 1.89. The number of aromatic nitrogens is 1. The van der Waals surface area contributed by atoms with Gasteiger partial charge >= 0.3 is 0 Å². The van der Waals surface area contributed by atoms with Crippen molar-refractivity contribution in [3.05, 3.63) is 41.6 Å². The summed E-state index contributed by atoms with van der Waals surface area (Å²) in [6.45, 7) is 2.04. The van der Waals surface area contributed by atoms with Crippen LogP contribution in [0.1, 0.15) is 18.2 Å². The van der Waals surface area contributed by atoms with Crippen LogP contribution in [0, 0.1) is 0 Å². The first-order chi connectivity index (χ1) is 10.2. The molecule has 0 saturated carbocycles. The average molecular weight is 308 g/mol. The average Bonchev–Trinajstić information content (AvgIpc) is 2.54. The maximum Gasteiger partial charge on any atom is 0.220 e. The molecule has 0 bridgehead atoms. The van der Waals surface area contributed by atoms with Crippen LogP contribution in [0.15, 0.2) is 30.3 Å². The molecular weight excluding hydrogens is 290 g/mol. The fourth-order valence-corrected chi connectivity index (χ4v) is 2.11. The molecule has 0 radical (unpaired) electrons. The van der Waals surface area contributed by atoms with Gasteiger partial charge in [0.25, 0.3) is 0 Å². The van der Waals surface area contributed by atoms with Crippen molar-refractivity contribution in [2.45, 2.75) is 19.2 Å². The number of rotatable bonds is 6. The molecule has 0 aliphatic carbocycles. The Kier molecular flexibility index (Phi) is 5.28. The highest BCUT2D eigenvalue weighted by atomic mass is 35.5.